The first kappa shape index (κ1) is 8.57. The van der Waals surface area contributed by atoms with Crippen LogP contribution in [-0.4, -0.2) is 17.7 Å². The lowest BCUT2D eigenvalue weighted by atomic mass is 9.97. The van der Waals surface area contributed by atoms with Crippen molar-refractivity contribution in [2.24, 2.45) is 0 Å². The van der Waals surface area contributed by atoms with Crippen LogP contribution in [0.4, 0.5) is 0 Å². The van der Waals surface area contributed by atoms with Crippen LogP contribution in [0.1, 0.15) is 17.7 Å². The summed E-state index contributed by atoms with van der Waals surface area (Å²) in [6, 6.07) is 0. The second kappa shape index (κ2) is 3.14. The Morgan fingerprint density at radius 3 is 3.29 bits per heavy atom. The van der Waals surface area contributed by atoms with Crippen LogP contribution in [0, 0.1) is 0 Å². The molecule has 74 valence electrons. The van der Waals surface area contributed by atoms with E-state index in [1.807, 2.05) is 0 Å². The predicted molar refractivity (Wildman–Crippen MR) is 58.6 cm³/mol. The first-order valence-electron chi connectivity index (χ1n) is 5.14. The molecule has 0 bridgehead atoms. The van der Waals surface area contributed by atoms with Crippen LogP contribution in [0.2, 0.25) is 5.02 Å². The number of nitrogens with zero attached hydrogens (tertiary/aromatic N) is 1. The highest BCUT2D eigenvalue weighted by Gasteiger charge is 2.21. The molecule has 14 heavy (non-hydrogen) atoms. The maximum atomic E-state index is 6.22. The van der Waals surface area contributed by atoms with Crippen LogP contribution in [-0.2, 0) is 13.0 Å². The number of hydrogen-bond donors (Lipinski definition) is 1. The van der Waals surface area contributed by atoms with Gasteiger partial charge in [0.05, 0.1) is 5.02 Å². The average molecular weight is 209 g/mol. The van der Waals surface area contributed by atoms with Crippen LogP contribution in [0.25, 0.3) is 5.57 Å². The van der Waals surface area contributed by atoms with Gasteiger partial charge in [-0.05, 0) is 24.0 Å². The second-order valence-electron chi connectivity index (χ2n) is 3.94. The summed E-state index contributed by atoms with van der Waals surface area (Å²) in [5.74, 6) is 0. The summed E-state index contributed by atoms with van der Waals surface area (Å²) in [5.41, 5.74) is 4.16. The van der Waals surface area contributed by atoms with Gasteiger partial charge in [0.25, 0.3) is 0 Å². The Hall–Kier alpha value is -0.730. The molecule has 1 aliphatic carbocycles. The first-order chi connectivity index (χ1) is 6.86. The summed E-state index contributed by atoms with van der Waals surface area (Å²) in [6.45, 7) is 3.06. The minimum absolute atomic E-state index is 0.951. The third-order valence-corrected chi connectivity index (χ3v) is 3.39. The smallest absolute Gasteiger partial charge is 0.0621 e. The molecular formula is C11H13ClN2. The lowest BCUT2D eigenvalue weighted by Gasteiger charge is -2.14. The van der Waals surface area contributed by atoms with Crippen LogP contribution >= 0.6 is 11.6 Å². The van der Waals surface area contributed by atoms with Crippen molar-refractivity contribution in [1.82, 2.24) is 9.88 Å². The molecule has 2 heterocycles. The molecule has 0 fully saturated rings. The van der Waals surface area contributed by atoms with E-state index in [1.165, 1.54) is 16.8 Å². The third kappa shape index (κ3) is 1.14. The Morgan fingerprint density at radius 1 is 1.43 bits per heavy atom. The number of allylic oxidation sites excluding steroid dienone is 1. The summed E-state index contributed by atoms with van der Waals surface area (Å²) in [4.78, 5) is 0. The van der Waals surface area contributed by atoms with Crippen molar-refractivity contribution in [1.29, 1.82) is 0 Å². The highest BCUT2D eigenvalue weighted by molar-refractivity contribution is 6.31. The number of nitrogens with one attached hydrogen (secondary N) is 1. The van der Waals surface area contributed by atoms with Gasteiger partial charge in [-0.1, -0.05) is 17.7 Å². The Labute approximate surface area is 88.6 Å². The van der Waals surface area contributed by atoms with Crippen molar-refractivity contribution in [2.75, 3.05) is 13.1 Å². The molecule has 0 saturated heterocycles. The Morgan fingerprint density at radius 2 is 2.36 bits per heavy atom. The lowest BCUT2D eigenvalue weighted by Crippen LogP contribution is -2.17. The molecule has 2 nitrogen and oxygen atoms in total. The van der Waals surface area contributed by atoms with Crippen LogP contribution in [0.15, 0.2) is 12.3 Å². The molecule has 2 aliphatic rings. The molecule has 0 unspecified atom stereocenters. The van der Waals surface area contributed by atoms with Crippen molar-refractivity contribution < 1.29 is 0 Å². The SMILES string of the molecule is Clc1cn2c3c1CCC=C3CNCC2. The zero-order valence-electron chi connectivity index (χ0n) is 8.02. The van der Waals surface area contributed by atoms with Crippen molar-refractivity contribution in [3.05, 3.63) is 28.6 Å². The van der Waals surface area contributed by atoms with Gasteiger partial charge in [-0.2, -0.15) is 0 Å². The van der Waals surface area contributed by atoms with Crippen molar-refractivity contribution in [2.45, 2.75) is 19.4 Å². The van der Waals surface area contributed by atoms with Gasteiger partial charge < -0.3 is 9.88 Å². The van der Waals surface area contributed by atoms with Gasteiger partial charge in [0, 0.05) is 31.5 Å². The van der Waals surface area contributed by atoms with E-state index in [9.17, 15) is 0 Å². The number of halogens is 1. The highest BCUT2D eigenvalue weighted by Crippen LogP contribution is 2.33. The summed E-state index contributed by atoms with van der Waals surface area (Å²) in [7, 11) is 0. The fourth-order valence-corrected chi connectivity index (χ4v) is 2.73. The Balaban J connectivity index is 2.22. The molecule has 3 rings (SSSR count). The quantitative estimate of drug-likeness (QED) is 0.691. The van der Waals surface area contributed by atoms with E-state index in [0.717, 1.165) is 37.5 Å². The molecule has 0 atom stereocenters. The molecule has 0 spiro atoms. The van der Waals surface area contributed by atoms with Crippen molar-refractivity contribution >= 4 is 17.2 Å². The minimum Gasteiger partial charge on any atom is -0.345 e. The van der Waals surface area contributed by atoms with E-state index in [4.69, 9.17) is 11.6 Å². The van der Waals surface area contributed by atoms with Crippen LogP contribution < -0.4 is 5.32 Å². The highest BCUT2D eigenvalue weighted by atomic mass is 35.5. The van der Waals surface area contributed by atoms with Gasteiger partial charge in [-0.25, -0.2) is 0 Å². The standard InChI is InChI=1S/C11H13ClN2/c12-10-7-14-5-4-13-6-8-2-1-3-9(10)11(8)14/h2,7,13H,1,3-6H2. The van der Waals surface area contributed by atoms with Gasteiger partial charge in [-0.3, -0.25) is 0 Å². The first-order valence-corrected chi connectivity index (χ1v) is 5.51. The van der Waals surface area contributed by atoms with E-state index in [2.05, 4.69) is 22.2 Å². The van der Waals surface area contributed by atoms with Gasteiger partial charge >= 0.3 is 0 Å². The van der Waals surface area contributed by atoms with Gasteiger partial charge in [0.2, 0.25) is 0 Å². The molecule has 0 saturated carbocycles. The zero-order chi connectivity index (χ0) is 9.54. The van der Waals surface area contributed by atoms with Crippen LogP contribution in [0.3, 0.4) is 0 Å². The molecule has 0 radical (unpaired) electrons. The molecule has 3 heteroatoms. The Bertz CT molecular complexity index is 404. The lowest BCUT2D eigenvalue weighted by molar-refractivity contribution is 0.650. The zero-order valence-corrected chi connectivity index (χ0v) is 8.77. The van der Waals surface area contributed by atoms with E-state index < -0.39 is 0 Å². The Kier molecular flexibility index (Phi) is 1.92. The number of hydrogen-bond acceptors (Lipinski definition) is 1. The van der Waals surface area contributed by atoms with Gasteiger partial charge in [0.15, 0.2) is 0 Å². The van der Waals surface area contributed by atoms with Gasteiger partial charge in [-0.15, -0.1) is 0 Å². The van der Waals surface area contributed by atoms with E-state index in [-0.39, 0.29) is 0 Å². The summed E-state index contributed by atoms with van der Waals surface area (Å²) >= 11 is 6.22. The summed E-state index contributed by atoms with van der Waals surface area (Å²) in [5, 5.41) is 4.38. The molecule has 1 N–H and O–H groups in total. The molecule has 1 aromatic heterocycles. The monoisotopic (exact) mass is 208 g/mol. The van der Waals surface area contributed by atoms with Crippen LogP contribution in [0.5, 0.6) is 0 Å². The fourth-order valence-electron chi connectivity index (χ4n) is 2.42. The van der Waals surface area contributed by atoms with Crippen molar-refractivity contribution in [3.8, 4) is 0 Å². The molecular weight excluding hydrogens is 196 g/mol. The second-order valence-corrected chi connectivity index (χ2v) is 4.35. The maximum Gasteiger partial charge on any atom is 0.0621 e. The number of rotatable bonds is 0. The number of aromatic nitrogens is 1. The molecule has 0 amide bonds. The maximum absolute atomic E-state index is 6.22. The van der Waals surface area contributed by atoms with E-state index in [1.54, 1.807) is 0 Å². The molecule has 1 aromatic rings. The van der Waals surface area contributed by atoms with Crippen molar-refractivity contribution in [3.63, 3.8) is 0 Å². The largest absolute Gasteiger partial charge is 0.345 e. The molecule has 1 aliphatic heterocycles. The fraction of sp³-hybridized carbons (Fsp3) is 0.455. The predicted octanol–water partition coefficient (Wildman–Crippen LogP) is 2.07. The third-order valence-electron chi connectivity index (χ3n) is 3.06. The van der Waals surface area contributed by atoms with E-state index >= 15 is 0 Å². The normalized spacial score (nSPS) is 19.9. The van der Waals surface area contributed by atoms with E-state index in [0.29, 0.717) is 0 Å². The topological polar surface area (TPSA) is 17.0 Å². The van der Waals surface area contributed by atoms with Gasteiger partial charge in [0.1, 0.15) is 0 Å². The molecule has 0 aromatic carbocycles. The summed E-state index contributed by atoms with van der Waals surface area (Å²) < 4.78 is 2.29. The average Bonchev–Trinajstić information content (AvgIpc) is 2.41. The minimum atomic E-state index is 0.951. The summed E-state index contributed by atoms with van der Waals surface area (Å²) in [6.07, 6.45) is 6.66.